The highest BCUT2D eigenvalue weighted by Gasteiger charge is 2.32. The van der Waals surface area contributed by atoms with Gasteiger partial charge in [0.25, 0.3) is 0 Å². The topological polar surface area (TPSA) is 375 Å². The van der Waals surface area contributed by atoms with E-state index in [1.165, 1.54) is 13.7 Å². The highest BCUT2D eigenvalue weighted by molar-refractivity contribution is 6.37. The van der Waals surface area contributed by atoms with Crippen molar-refractivity contribution >= 4 is 176 Å². The van der Waals surface area contributed by atoms with Gasteiger partial charge in [-0.15, -0.1) is 0 Å². The average molecular weight is 2040 g/mol. The smallest absolute Gasteiger partial charge is 0.419 e. The van der Waals surface area contributed by atoms with Crippen molar-refractivity contribution in [1.82, 2.24) is 55.6 Å². The molecule has 35 heteroatoms. The predicted molar refractivity (Wildman–Crippen MR) is 563 cm³/mol. The monoisotopic (exact) mass is 2030 g/mol. The lowest BCUT2D eigenvalue weighted by Crippen LogP contribution is -2.29. The summed E-state index contributed by atoms with van der Waals surface area (Å²) in [5, 5.41) is 33.2. The number of carbonyl (C=O) groups excluding carboxylic acids is 5. The Bertz CT molecular complexity index is 7550. The number of imidazole rings is 4. The maximum absolute atomic E-state index is 13.9. The van der Waals surface area contributed by atoms with E-state index in [-0.39, 0.29) is 112 Å². The van der Waals surface area contributed by atoms with Crippen LogP contribution in [-0.4, -0.2) is 143 Å². The molecule has 4 unspecified atom stereocenters. The fourth-order valence-corrected chi connectivity index (χ4v) is 19.2. The molecule has 5 N–H and O–H groups in total. The van der Waals surface area contributed by atoms with Crippen LogP contribution in [0, 0.1) is 0 Å². The molecule has 0 aliphatic rings. The van der Waals surface area contributed by atoms with E-state index >= 15 is 0 Å². The quantitative estimate of drug-likeness (QED) is 0.0215. The van der Waals surface area contributed by atoms with Crippen LogP contribution in [0.25, 0.3) is 87.7 Å². The Kier molecular flexibility index (Phi) is 36.8. The van der Waals surface area contributed by atoms with E-state index in [1.807, 2.05) is 170 Å². The summed E-state index contributed by atoms with van der Waals surface area (Å²) >= 11 is 25.7. The highest BCUT2D eigenvalue weighted by atomic mass is 35.5. The van der Waals surface area contributed by atoms with E-state index < -0.39 is 53.1 Å². The minimum absolute atomic E-state index is 0. The second-order valence-corrected chi connectivity index (χ2v) is 39.2. The molecule has 760 valence electrons. The summed E-state index contributed by atoms with van der Waals surface area (Å²) in [6, 6.07) is 50.1. The molecule has 143 heavy (non-hydrogen) atoms. The van der Waals surface area contributed by atoms with Gasteiger partial charge in [0.05, 0.1) is 146 Å². The van der Waals surface area contributed by atoms with E-state index in [1.54, 1.807) is 161 Å². The van der Waals surface area contributed by atoms with Crippen molar-refractivity contribution in [2.24, 2.45) is 0 Å². The van der Waals surface area contributed by atoms with Gasteiger partial charge in [-0.2, -0.15) is 0 Å². The predicted octanol–water partition coefficient (Wildman–Crippen LogP) is 24.2. The zero-order valence-electron chi connectivity index (χ0n) is 82.4. The molecule has 31 nitrogen and oxygen atoms in total. The number of carbonyl (C=O) groups is 7. The fourth-order valence-electron chi connectivity index (χ4n) is 18.1. The van der Waals surface area contributed by atoms with Gasteiger partial charge in [-0.3, -0.25) is 64.8 Å². The third-order valence-corrected chi connectivity index (χ3v) is 24.9. The SMILES string of the molecule is C.CC(C)(C)OC(=O)n1cc(CO)c2c(Cl)cccc21.CCCC(CC(=O)O)n1c(=O)n(Cc2c[nH]c3cccc(Cl)c23)c2ccccc21.CCCC(CC(=O)O)n1c(=O)n(Cc2cn(C(=O)OC(C)(C)C)c3cccc(Cl)c23)c2ccccc21.CCCC(CC(=O)OCC)n1c(=O)[nH]c2ccccc21.CCCC(CC(=O)OCC)n1c(=O)n(Cc2cn(C(=O)OC(C)(C)C)c3cccc(Cl)c23)c2ccccc21. The Hall–Kier alpha value is -13.6. The van der Waals surface area contributed by atoms with Crippen LogP contribution in [0.2, 0.25) is 20.1 Å². The van der Waals surface area contributed by atoms with E-state index in [4.69, 9.17) is 70.1 Å². The number of H-pyrrole nitrogens is 2. The number of esters is 2. The molecule has 0 aliphatic carbocycles. The minimum Gasteiger partial charge on any atom is -0.481 e. The largest absolute Gasteiger partial charge is 0.481 e. The van der Waals surface area contributed by atoms with Gasteiger partial charge in [-0.05, 0) is 216 Å². The van der Waals surface area contributed by atoms with Crippen molar-refractivity contribution in [1.29, 1.82) is 0 Å². The maximum Gasteiger partial charge on any atom is 0.419 e. The number of nitrogens with one attached hydrogen (secondary N) is 2. The first-order valence-corrected chi connectivity index (χ1v) is 49.0. The van der Waals surface area contributed by atoms with Crippen LogP contribution in [0.5, 0.6) is 0 Å². The second kappa shape index (κ2) is 48.0. The van der Waals surface area contributed by atoms with Crippen molar-refractivity contribution in [3.05, 3.63) is 279 Å². The number of fused-ring (bicyclic) bond motifs is 8. The summed E-state index contributed by atoms with van der Waals surface area (Å²) in [6.07, 6.45) is 11.2. The summed E-state index contributed by atoms with van der Waals surface area (Å²) in [5.41, 5.74) is 8.76. The van der Waals surface area contributed by atoms with Crippen LogP contribution in [-0.2, 0) is 69.1 Å². The number of carboxylic acids is 2. The average Bonchev–Trinajstić information content (AvgIpc) is 1.61. The van der Waals surface area contributed by atoms with Crippen molar-refractivity contribution in [3.8, 4) is 0 Å². The third-order valence-electron chi connectivity index (χ3n) is 23.6. The van der Waals surface area contributed by atoms with Gasteiger partial charge in [0.2, 0.25) is 0 Å². The van der Waals surface area contributed by atoms with Gasteiger partial charge in [0.1, 0.15) is 16.8 Å². The number of hydrogen-bond acceptors (Lipinski definition) is 17. The number of halogens is 4. The number of hydrogen-bond donors (Lipinski definition) is 5. The molecule has 4 atom stereocenters. The van der Waals surface area contributed by atoms with Gasteiger partial charge < -0.3 is 49.0 Å². The zero-order valence-corrected chi connectivity index (χ0v) is 85.4. The third kappa shape index (κ3) is 25.7. The van der Waals surface area contributed by atoms with Gasteiger partial charge in [-0.1, -0.05) is 180 Å². The summed E-state index contributed by atoms with van der Waals surface area (Å²) in [6.45, 7) is 28.9. The number of nitrogens with zero attached hydrogens (tertiary/aromatic N) is 10. The molecule has 8 aromatic heterocycles. The lowest BCUT2D eigenvalue weighted by Gasteiger charge is -2.19. The van der Waals surface area contributed by atoms with Crippen molar-refractivity contribution < 1.29 is 72.6 Å². The van der Waals surface area contributed by atoms with E-state index in [0.29, 0.717) is 113 Å². The Morgan fingerprint density at radius 1 is 0.350 bits per heavy atom. The molecule has 8 aromatic carbocycles. The number of ether oxygens (including phenoxy) is 5. The Balaban J connectivity index is 0.000000174. The van der Waals surface area contributed by atoms with E-state index in [2.05, 4.69) is 9.97 Å². The first-order chi connectivity index (χ1) is 67.6. The molecular weight excluding hydrogens is 1910 g/mol. The molecule has 0 spiro atoms. The number of benzene rings is 8. The van der Waals surface area contributed by atoms with Crippen LogP contribution in [0.1, 0.15) is 235 Å². The van der Waals surface area contributed by atoms with Gasteiger partial charge in [-0.25, -0.2) is 33.6 Å². The standard InChI is InChI=1S/C29H34ClN3O5.C27H30ClN3O5.C22H22ClN3O3.C15H20N2O3.C14H16ClNO3.CH4/c1-6-11-20(16-25(34)37-7-2)33-23-14-9-8-13-22(23)31(27(33)35)17-19-18-32(28(36)38-29(3,4)5)24-15-10-12-21(30)26(19)24;1-5-9-18(14-23(32)33)31-21-12-7-6-11-20(21)29(25(31)34)15-17-16-30(26(35)36-27(2,3)4)22-13-8-10-19(28)24(17)22;1-2-6-15(11-20(27)28)26-19-10-4-3-9-18(19)25(22(26)29)13-14-12-24-17-8-5-7-16(23)21(14)17;1-3-7-11(10-14(18)20-4-2)17-13-9-6-5-8-12(13)16-15(17)19;1-14(2,3)19-13(18)16-7-9(8-17)12-10(15)5-4-6-11(12)16;/h8-10,12-15,18,20H,6-7,11,16-17H2,1-5H3;6-8,10-13,16,18H,5,9,14-15H2,1-4H3,(H,32,33);3-5,7-10,12,15,24H,2,6,11,13H2,1H3,(H,27,28);5-6,8-9,11H,3-4,7,10H2,1-2H3,(H,16,19);4-7,17H,8H2,1-3H3;1H4. The number of aliphatic hydroxyl groups is 1. The summed E-state index contributed by atoms with van der Waals surface area (Å²) in [5.74, 6) is -2.45. The first kappa shape index (κ1) is 110. The molecule has 0 saturated carbocycles. The lowest BCUT2D eigenvalue weighted by molar-refractivity contribution is -0.145. The summed E-state index contributed by atoms with van der Waals surface area (Å²) in [7, 11) is 0. The Labute approximate surface area is 846 Å². The van der Waals surface area contributed by atoms with Gasteiger partial charge in [0.15, 0.2) is 0 Å². The highest BCUT2D eigenvalue weighted by Crippen LogP contribution is 2.38. The van der Waals surface area contributed by atoms with Crippen LogP contribution in [0.3, 0.4) is 0 Å². The maximum atomic E-state index is 13.9. The number of aromatic nitrogens is 12. The number of aliphatic carboxylic acids is 2. The van der Waals surface area contributed by atoms with E-state index in [9.17, 15) is 68.1 Å². The molecular formula is C108H126Cl4N12O19. The van der Waals surface area contributed by atoms with Crippen LogP contribution < -0.4 is 22.8 Å². The van der Waals surface area contributed by atoms with Crippen LogP contribution in [0.4, 0.5) is 14.4 Å². The number of para-hydroxylation sites is 8. The number of rotatable bonds is 29. The zero-order chi connectivity index (χ0) is 103. The van der Waals surface area contributed by atoms with Crippen molar-refractivity contribution in [3.63, 3.8) is 0 Å². The summed E-state index contributed by atoms with van der Waals surface area (Å²) < 4.78 is 42.5. The first-order valence-electron chi connectivity index (χ1n) is 47.5. The molecule has 0 amide bonds. The molecule has 8 heterocycles. The number of aromatic amines is 2. The molecule has 0 saturated heterocycles. The Morgan fingerprint density at radius 3 is 0.972 bits per heavy atom. The molecule has 0 fully saturated rings. The van der Waals surface area contributed by atoms with Crippen LogP contribution in [0.15, 0.2) is 214 Å². The second-order valence-electron chi connectivity index (χ2n) is 37.5. The number of carboxylic acid groups (broad SMARTS) is 2. The minimum atomic E-state index is -0.954. The molecule has 16 rings (SSSR count). The van der Waals surface area contributed by atoms with Gasteiger partial charge >= 0.3 is 64.9 Å². The van der Waals surface area contributed by atoms with Crippen molar-refractivity contribution in [2.45, 2.75) is 256 Å². The molecule has 0 aliphatic heterocycles. The normalized spacial score (nSPS) is 12.5. The van der Waals surface area contributed by atoms with Crippen LogP contribution >= 0.6 is 46.4 Å². The molecule has 0 radical (unpaired) electrons. The molecule has 0 bridgehead atoms. The molecule has 16 aromatic rings. The van der Waals surface area contributed by atoms with Gasteiger partial charge in [0, 0.05) is 81.6 Å². The van der Waals surface area contributed by atoms with Crippen molar-refractivity contribution in [2.75, 3.05) is 13.2 Å². The lowest BCUT2D eigenvalue weighted by atomic mass is 10.1. The van der Waals surface area contributed by atoms with E-state index in [0.717, 1.165) is 81.7 Å². The number of aliphatic hydroxyl groups excluding tert-OH is 1. The summed E-state index contributed by atoms with van der Waals surface area (Å²) in [4.78, 5) is 145. The Morgan fingerprint density at radius 2 is 0.636 bits per heavy atom. The fraction of sp³-hybridized carbons (Fsp3) is 0.380.